The fourth-order valence-corrected chi connectivity index (χ4v) is 10.7. The lowest BCUT2D eigenvalue weighted by Crippen LogP contribution is -2.70. The van der Waals surface area contributed by atoms with Crippen molar-refractivity contribution in [3.8, 4) is 0 Å². The Balaban J connectivity index is 1.19. The van der Waals surface area contributed by atoms with Crippen molar-refractivity contribution in [2.75, 3.05) is 20.3 Å². The van der Waals surface area contributed by atoms with Gasteiger partial charge in [0.2, 0.25) is 17.9 Å². The zero-order valence-electron chi connectivity index (χ0n) is 43.2. The molecular formula is C55H75N3O14. The standard InChI is InChI=1S/C55H75N3O14/c1-9-11-16-28-54(29-17-12-10-2)70-43-40-31-55(51(65)57(8)39(30-36-18-14-13-15-19-36)48(62)56-38(33-59)25-27-42(61)69-52(3,4)5)45(49(63)67-40)58(72-46(55)44(43)71-54)32-37-22-20-35(21-23-37)24-26-41(60)68-47-50(64)66-34-53(47,6)7/h13-15,18-24,26,38-40,43-47,59H,9-12,16-17,25,27-34H2,1-8H3,(H,56,62). The average molecular weight is 1000 g/mol. The van der Waals surface area contributed by atoms with Gasteiger partial charge in [-0.2, -0.15) is 5.06 Å². The average Bonchev–Trinajstić information content (AvgIpc) is 3.98. The van der Waals surface area contributed by atoms with E-state index in [1.165, 1.54) is 16.0 Å². The van der Waals surface area contributed by atoms with Gasteiger partial charge in [-0.05, 0) is 62.8 Å². The summed E-state index contributed by atoms with van der Waals surface area (Å²) in [5.41, 5.74) is -0.828. The predicted molar refractivity (Wildman–Crippen MR) is 263 cm³/mol. The molecule has 2 bridgehead atoms. The number of hydroxylamine groups is 2. The van der Waals surface area contributed by atoms with Crippen LogP contribution in [0.15, 0.2) is 60.7 Å². The third-order valence-corrected chi connectivity index (χ3v) is 14.5. The molecule has 394 valence electrons. The van der Waals surface area contributed by atoms with Gasteiger partial charge in [0, 0.05) is 50.6 Å². The molecule has 0 spiro atoms. The molecule has 1 saturated carbocycles. The van der Waals surface area contributed by atoms with Crippen LogP contribution in [0.3, 0.4) is 0 Å². The van der Waals surface area contributed by atoms with Crippen LogP contribution in [0.25, 0.3) is 6.08 Å². The monoisotopic (exact) mass is 1000 g/mol. The topological polar surface area (TPSA) is 206 Å². The number of amides is 2. The lowest BCUT2D eigenvalue weighted by atomic mass is 9.62. The maximum Gasteiger partial charge on any atom is 0.348 e. The van der Waals surface area contributed by atoms with E-state index in [2.05, 4.69) is 19.2 Å². The molecule has 2 aromatic carbocycles. The first-order valence-corrected chi connectivity index (χ1v) is 25.8. The van der Waals surface area contributed by atoms with Crippen LogP contribution in [0.5, 0.6) is 0 Å². The molecule has 17 heteroatoms. The van der Waals surface area contributed by atoms with E-state index >= 15 is 4.79 Å². The lowest BCUT2D eigenvalue weighted by molar-refractivity contribution is -0.225. The number of nitrogens with zero attached hydrogens (tertiary/aromatic N) is 2. The first kappa shape index (κ1) is 54.6. The number of rotatable bonds is 23. The molecule has 2 aromatic rings. The number of benzene rings is 2. The predicted octanol–water partition coefficient (Wildman–Crippen LogP) is 6.30. The number of esters is 4. The molecule has 72 heavy (non-hydrogen) atoms. The van der Waals surface area contributed by atoms with Crippen LogP contribution in [0, 0.1) is 10.8 Å². The van der Waals surface area contributed by atoms with Crippen molar-refractivity contribution in [2.24, 2.45) is 10.8 Å². The smallest absolute Gasteiger partial charge is 0.348 e. The molecule has 1 aliphatic carbocycles. The number of hydrogen-bond donors (Lipinski definition) is 2. The van der Waals surface area contributed by atoms with Crippen molar-refractivity contribution in [1.82, 2.24) is 15.3 Å². The Morgan fingerprint density at radius 2 is 1.58 bits per heavy atom. The Labute approximate surface area is 423 Å². The normalized spacial score (nSPS) is 26.8. The van der Waals surface area contributed by atoms with Gasteiger partial charge in [-0.15, -0.1) is 0 Å². The van der Waals surface area contributed by atoms with Crippen molar-refractivity contribution < 1.29 is 67.1 Å². The van der Waals surface area contributed by atoms with Gasteiger partial charge in [0.25, 0.3) is 0 Å². The molecule has 4 saturated heterocycles. The zero-order valence-corrected chi connectivity index (χ0v) is 43.2. The minimum Gasteiger partial charge on any atom is -0.462 e. The highest BCUT2D eigenvalue weighted by atomic mass is 16.8. The Morgan fingerprint density at radius 1 is 0.917 bits per heavy atom. The van der Waals surface area contributed by atoms with E-state index in [-0.39, 0.29) is 38.8 Å². The maximum atomic E-state index is 15.9. The van der Waals surface area contributed by atoms with Crippen molar-refractivity contribution >= 4 is 41.8 Å². The first-order valence-electron chi connectivity index (χ1n) is 25.8. The molecule has 17 nitrogen and oxygen atoms in total. The van der Waals surface area contributed by atoms with E-state index in [1.807, 2.05) is 42.5 Å². The summed E-state index contributed by atoms with van der Waals surface area (Å²) in [5, 5.41) is 14.8. The second-order valence-corrected chi connectivity index (χ2v) is 21.8. The molecule has 9 unspecified atom stereocenters. The fourth-order valence-electron chi connectivity index (χ4n) is 10.7. The number of cyclic esters (lactones) is 1. The van der Waals surface area contributed by atoms with E-state index in [0.29, 0.717) is 24.0 Å². The quantitative estimate of drug-likeness (QED) is 0.0542. The highest BCUT2D eigenvalue weighted by molar-refractivity contribution is 5.96. The van der Waals surface area contributed by atoms with Crippen LogP contribution < -0.4 is 5.32 Å². The van der Waals surface area contributed by atoms with Gasteiger partial charge in [0.1, 0.15) is 48.1 Å². The van der Waals surface area contributed by atoms with Gasteiger partial charge in [-0.3, -0.25) is 24.0 Å². The Hall–Kier alpha value is -5.20. The van der Waals surface area contributed by atoms with Gasteiger partial charge in [0.05, 0.1) is 19.2 Å². The summed E-state index contributed by atoms with van der Waals surface area (Å²) in [5.74, 6) is -4.46. The zero-order chi connectivity index (χ0) is 52.0. The highest BCUT2D eigenvalue weighted by Gasteiger charge is 2.77. The van der Waals surface area contributed by atoms with Gasteiger partial charge in [-0.1, -0.05) is 108 Å². The van der Waals surface area contributed by atoms with Gasteiger partial charge < -0.3 is 43.7 Å². The summed E-state index contributed by atoms with van der Waals surface area (Å²) in [6.07, 6.45) is 5.39. The number of fused-ring (bicyclic) bond motifs is 4. The minimum absolute atomic E-state index is 0.0443. The summed E-state index contributed by atoms with van der Waals surface area (Å²) >= 11 is 0. The molecule has 7 rings (SSSR count). The van der Waals surface area contributed by atoms with Crippen LogP contribution in [0.1, 0.15) is 136 Å². The van der Waals surface area contributed by atoms with E-state index in [9.17, 15) is 29.1 Å². The number of carbonyl (C=O) groups excluding carboxylic acids is 6. The number of nitrogens with one attached hydrogen (secondary N) is 1. The number of ether oxygens (including phenoxy) is 6. The summed E-state index contributed by atoms with van der Waals surface area (Å²) in [7, 11) is 1.55. The molecule has 2 N–H and O–H groups in total. The molecule has 0 aromatic heterocycles. The number of unbranched alkanes of at least 4 members (excludes halogenated alkanes) is 4. The molecule has 4 heterocycles. The van der Waals surface area contributed by atoms with Gasteiger partial charge in [0.15, 0.2) is 11.8 Å². The van der Waals surface area contributed by atoms with E-state index < -0.39 is 113 Å². The number of carbonyl (C=O) groups is 6. The molecule has 4 aliphatic heterocycles. The Kier molecular flexibility index (Phi) is 17.4. The van der Waals surface area contributed by atoms with E-state index in [0.717, 1.165) is 44.1 Å². The SMILES string of the molecule is CCCCCC1(CCCCC)OC2C3CC4(C(=O)N(C)C(Cc5ccccc5)C(=O)NC(CO)CCC(=O)OC(C)(C)C)C(ON(Cc5ccc(C=CC(=O)OC6C(=O)OCC6(C)C)cc5)C4C(=O)O3)C2O1. The number of aliphatic hydroxyl groups excluding tert-OH is 1. The highest BCUT2D eigenvalue weighted by Crippen LogP contribution is 2.58. The summed E-state index contributed by atoms with van der Waals surface area (Å²) in [4.78, 5) is 91.2. The Bertz CT molecular complexity index is 2270. The maximum absolute atomic E-state index is 15.9. The fraction of sp³-hybridized carbons (Fsp3) is 0.636. The number of likely N-dealkylation sites (N-methyl/N-ethyl adjacent to an activating group) is 1. The minimum atomic E-state index is -1.60. The summed E-state index contributed by atoms with van der Waals surface area (Å²) < 4.78 is 36.4. The summed E-state index contributed by atoms with van der Waals surface area (Å²) in [6.45, 7) is 12.9. The van der Waals surface area contributed by atoms with E-state index in [4.69, 9.17) is 33.3 Å². The van der Waals surface area contributed by atoms with Crippen molar-refractivity contribution in [2.45, 2.75) is 192 Å². The third kappa shape index (κ3) is 12.2. The van der Waals surface area contributed by atoms with Crippen molar-refractivity contribution in [1.29, 1.82) is 0 Å². The van der Waals surface area contributed by atoms with Crippen LogP contribution >= 0.6 is 0 Å². The second-order valence-electron chi connectivity index (χ2n) is 21.8. The molecule has 5 aliphatic rings. The molecule has 9 atom stereocenters. The third-order valence-electron chi connectivity index (χ3n) is 14.5. The molecule has 2 amide bonds. The molecule has 0 radical (unpaired) electrons. The molecular weight excluding hydrogens is 927 g/mol. The summed E-state index contributed by atoms with van der Waals surface area (Å²) in [6, 6.07) is 13.2. The van der Waals surface area contributed by atoms with Gasteiger partial charge in [-0.25, -0.2) is 9.59 Å². The lowest BCUT2D eigenvalue weighted by Gasteiger charge is -2.50. The Morgan fingerprint density at radius 3 is 2.19 bits per heavy atom. The number of hydrogen-bond acceptors (Lipinski definition) is 15. The van der Waals surface area contributed by atoms with Crippen LogP contribution in [-0.4, -0.2) is 131 Å². The van der Waals surface area contributed by atoms with Crippen molar-refractivity contribution in [3.63, 3.8) is 0 Å². The molecule has 5 fully saturated rings. The van der Waals surface area contributed by atoms with Crippen LogP contribution in [0.4, 0.5) is 0 Å². The number of aliphatic hydroxyl groups is 1. The van der Waals surface area contributed by atoms with Crippen molar-refractivity contribution in [3.05, 3.63) is 77.4 Å². The second kappa shape index (κ2) is 22.9. The largest absolute Gasteiger partial charge is 0.462 e. The van der Waals surface area contributed by atoms with Crippen LogP contribution in [0.2, 0.25) is 0 Å². The first-order chi connectivity index (χ1) is 34.2. The van der Waals surface area contributed by atoms with Gasteiger partial charge >= 0.3 is 23.9 Å². The van der Waals surface area contributed by atoms with E-state index in [1.54, 1.807) is 59.9 Å². The van der Waals surface area contributed by atoms with Crippen LogP contribution in [-0.2, 0) is 75.0 Å².